The van der Waals surface area contributed by atoms with E-state index in [1.807, 2.05) is 19.9 Å². The molecule has 0 radical (unpaired) electrons. The van der Waals surface area contributed by atoms with Crippen LogP contribution in [0.2, 0.25) is 0 Å². The molecule has 2 aliphatic rings. The zero-order chi connectivity index (χ0) is 29.6. The maximum Gasteiger partial charge on any atom is 0.437 e. The average molecular weight is 572 g/mol. The summed E-state index contributed by atoms with van der Waals surface area (Å²) in [4.78, 5) is 32.5. The van der Waals surface area contributed by atoms with Crippen molar-refractivity contribution in [3.63, 3.8) is 0 Å². The number of aromatic nitrogens is 3. The van der Waals surface area contributed by atoms with Gasteiger partial charge in [-0.2, -0.15) is 13.2 Å². The molecule has 1 unspecified atom stereocenters. The van der Waals surface area contributed by atoms with Gasteiger partial charge in [-0.25, -0.2) is 9.67 Å². The molecule has 0 fully saturated rings. The van der Waals surface area contributed by atoms with Crippen molar-refractivity contribution < 1.29 is 37.7 Å². The van der Waals surface area contributed by atoms with Gasteiger partial charge in [-0.3, -0.25) is 9.59 Å². The molecule has 0 saturated carbocycles. The molecule has 2 N–H and O–H groups in total. The Hall–Kier alpha value is -4.55. The van der Waals surface area contributed by atoms with Gasteiger partial charge in [0.15, 0.2) is 5.69 Å². The van der Waals surface area contributed by atoms with Crippen molar-refractivity contribution in [2.24, 2.45) is 0 Å². The minimum absolute atomic E-state index is 0.00717. The maximum atomic E-state index is 13.7. The van der Waals surface area contributed by atoms with Crippen LogP contribution in [0.15, 0.2) is 43.1 Å². The second-order valence-electron chi connectivity index (χ2n) is 10.2. The van der Waals surface area contributed by atoms with Gasteiger partial charge in [-0.05, 0) is 35.8 Å². The minimum Gasteiger partial charge on any atom is -0.506 e. The first-order chi connectivity index (χ1) is 19.4. The lowest BCUT2D eigenvalue weighted by Crippen LogP contribution is -2.48. The number of phenolic OH excluding ortho intramolecular Hbond substituents is 1. The molecule has 3 aromatic rings. The van der Waals surface area contributed by atoms with E-state index in [1.165, 1.54) is 9.80 Å². The second-order valence-corrected chi connectivity index (χ2v) is 10.2. The van der Waals surface area contributed by atoms with Crippen molar-refractivity contribution in [1.82, 2.24) is 24.6 Å². The lowest BCUT2D eigenvalue weighted by atomic mass is 9.95. The molecule has 0 bridgehead atoms. The number of ether oxygens (including phenoxy) is 1. The number of hydrogen-bond acceptors (Lipinski definition) is 7. The van der Waals surface area contributed by atoms with E-state index in [0.717, 1.165) is 23.9 Å². The number of phenols is 1. The molecule has 41 heavy (non-hydrogen) atoms. The Morgan fingerprint density at radius 3 is 2.56 bits per heavy atom. The summed E-state index contributed by atoms with van der Waals surface area (Å²) in [5, 5.41) is 25.5. The summed E-state index contributed by atoms with van der Waals surface area (Å²) in [6, 6.07) is 5.23. The van der Waals surface area contributed by atoms with Crippen LogP contribution >= 0.6 is 0 Å². The highest BCUT2D eigenvalue weighted by Gasteiger charge is 2.41. The zero-order valence-electron chi connectivity index (χ0n) is 22.4. The molecular formula is C28H28F3N5O5. The molecule has 216 valence electrons. The molecule has 0 aliphatic carbocycles. The first kappa shape index (κ1) is 28.0. The third kappa shape index (κ3) is 5.07. The molecule has 2 aromatic heterocycles. The highest BCUT2D eigenvalue weighted by molar-refractivity contribution is 5.95. The number of halogens is 3. The normalized spacial score (nSPS) is 17.0. The Bertz CT molecular complexity index is 1530. The van der Waals surface area contributed by atoms with Crippen LogP contribution in [0.5, 0.6) is 17.4 Å². The quantitative estimate of drug-likeness (QED) is 0.455. The van der Waals surface area contributed by atoms with Crippen molar-refractivity contribution in [2.45, 2.75) is 38.4 Å². The summed E-state index contributed by atoms with van der Waals surface area (Å²) in [5.74, 6) is -1.83. The first-order valence-electron chi connectivity index (χ1n) is 13.0. The smallest absolute Gasteiger partial charge is 0.437 e. The Balaban J connectivity index is 1.60. The zero-order valence-corrected chi connectivity index (χ0v) is 22.4. The van der Waals surface area contributed by atoms with Gasteiger partial charge in [-0.15, -0.1) is 5.10 Å². The summed E-state index contributed by atoms with van der Waals surface area (Å²) in [6.07, 6.45) is -2.72. The fraction of sp³-hybridized carbons (Fsp3) is 0.357. The summed E-state index contributed by atoms with van der Waals surface area (Å²) < 4.78 is 46.9. The lowest BCUT2D eigenvalue weighted by molar-refractivity contribution is -0.142. The second kappa shape index (κ2) is 10.5. The Morgan fingerprint density at radius 2 is 1.93 bits per heavy atom. The number of benzene rings is 1. The number of rotatable bonds is 4. The van der Waals surface area contributed by atoms with Crippen molar-refractivity contribution in [1.29, 1.82) is 0 Å². The fourth-order valence-electron chi connectivity index (χ4n) is 5.21. The van der Waals surface area contributed by atoms with Crippen molar-refractivity contribution in [3.05, 3.63) is 71.2 Å². The van der Waals surface area contributed by atoms with Crippen molar-refractivity contribution in [2.75, 3.05) is 26.2 Å². The third-order valence-electron chi connectivity index (χ3n) is 7.30. The highest BCUT2D eigenvalue weighted by Crippen LogP contribution is 2.42. The maximum absolute atomic E-state index is 13.7. The number of amides is 2. The fourth-order valence-corrected chi connectivity index (χ4v) is 5.21. The predicted molar refractivity (Wildman–Crippen MR) is 140 cm³/mol. The van der Waals surface area contributed by atoms with E-state index in [-0.39, 0.29) is 61.7 Å². The highest BCUT2D eigenvalue weighted by atomic mass is 19.4. The molecular weight excluding hydrogens is 543 g/mol. The molecule has 13 heteroatoms. The van der Waals surface area contributed by atoms with Crippen LogP contribution in [0.1, 0.15) is 58.7 Å². The third-order valence-corrected chi connectivity index (χ3v) is 7.30. The molecule has 1 aromatic carbocycles. The van der Waals surface area contributed by atoms with Crippen molar-refractivity contribution >= 4 is 11.8 Å². The van der Waals surface area contributed by atoms with Gasteiger partial charge in [-0.1, -0.05) is 26.5 Å². The van der Waals surface area contributed by atoms with E-state index in [4.69, 9.17) is 4.74 Å². The van der Waals surface area contributed by atoms with E-state index in [2.05, 4.69) is 16.7 Å². The topological polar surface area (TPSA) is 121 Å². The standard InChI is InChI=1S/C28H28F3N5O5/c1-4-23(39)34-9-10-41-26-24-19(36(33-26)18-6-5-16(15(2)3)11-21(18)37)7-8-35(20(24)14-34)27(40)17-12-22(38)25(32-13-17)28(29,30)31/h4-6,11-13,15,20,37-38H,1,7-10,14H2,2-3H3. The monoisotopic (exact) mass is 571 g/mol. The largest absolute Gasteiger partial charge is 0.506 e. The van der Waals surface area contributed by atoms with E-state index in [1.54, 1.807) is 16.8 Å². The SMILES string of the molecule is C=CC(=O)N1CCOc2nn(-c3ccc(C(C)C)cc3O)c3c2C(C1)N(C(=O)c1cnc(C(F)(F)F)c(O)c1)CC3. The minimum atomic E-state index is -4.89. The predicted octanol–water partition coefficient (Wildman–Crippen LogP) is 3.97. The summed E-state index contributed by atoms with van der Waals surface area (Å²) >= 11 is 0. The number of aromatic hydroxyl groups is 2. The lowest BCUT2D eigenvalue weighted by Gasteiger charge is -2.39. The first-order valence-corrected chi connectivity index (χ1v) is 13.0. The van der Waals surface area contributed by atoms with Crippen LogP contribution in [-0.4, -0.2) is 72.8 Å². The number of pyridine rings is 1. The van der Waals surface area contributed by atoms with E-state index in [9.17, 15) is 33.0 Å². The van der Waals surface area contributed by atoms with Crippen LogP contribution in [0.4, 0.5) is 13.2 Å². The molecule has 4 heterocycles. The molecule has 1 atom stereocenters. The van der Waals surface area contributed by atoms with Crippen LogP contribution in [0.3, 0.4) is 0 Å². The van der Waals surface area contributed by atoms with Crippen LogP contribution < -0.4 is 4.74 Å². The number of alkyl halides is 3. The van der Waals surface area contributed by atoms with Gasteiger partial charge in [0, 0.05) is 25.7 Å². The molecule has 0 saturated heterocycles. The number of hydrogen-bond donors (Lipinski definition) is 2. The Labute approximate surface area is 233 Å². The Kier molecular flexibility index (Phi) is 7.14. The molecule has 0 spiro atoms. The molecule has 2 aliphatic heterocycles. The summed E-state index contributed by atoms with van der Waals surface area (Å²) in [5.41, 5.74) is 0.770. The molecule has 10 nitrogen and oxygen atoms in total. The van der Waals surface area contributed by atoms with Crippen molar-refractivity contribution in [3.8, 4) is 23.1 Å². The van der Waals surface area contributed by atoms with E-state index >= 15 is 0 Å². The summed E-state index contributed by atoms with van der Waals surface area (Å²) in [6.45, 7) is 7.96. The van der Waals surface area contributed by atoms with E-state index in [0.29, 0.717) is 16.9 Å². The van der Waals surface area contributed by atoms with E-state index < -0.39 is 29.6 Å². The van der Waals surface area contributed by atoms with Crippen LogP contribution in [0.25, 0.3) is 5.69 Å². The van der Waals surface area contributed by atoms with Gasteiger partial charge < -0.3 is 24.7 Å². The van der Waals surface area contributed by atoms with Gasteiger partial charge in [0.05, 0.1) is 29.4 Å². The van der Waals surface area contributed by atoms with Crippen LogP contribution in [-0.2, 0) is 17.4 Å². The van der Waals surface area contributed by atoms with Gasteiger partial charge in [0.2, 0.25) is 11.8 Å². The van der Waals surface area contributed by atoms with Gasteiger partial charge in [0.25, 0.3) is 5.91 Å². The number of carbonyl (C=O) groups excluding carboxylic acids is 2. The Morgan fingerprint density at radius 1 is 1.17 bits per heavy atom. The van der Waals surface area contributed by atoms with Crippen LogP contribution in [0, 0.1) is 0 Å². The molecule has 2 amide bonds. The number of carbonyl (C=O) groups is 2. The molecule has 5 rings (SSSR count). The average Bonchev–Trinajstić information content (AvgIpc) is 3.27. The van der Waals surface area contributed by atoms with Gasteiger partial charge in [0.1, 0.15) is 23.8 Å². The number of nitrogens with zero attached hydrogens (tertiary/aromatic N) is 5. The summed E-state index contributed by atoms with van der Waals surface area (Å²) in [7, 11) is 0. The van der Waals surface area contributed by atoms with Gasteiger partial charge >= 0.3 is 6.18 Å².